The first-order chi connectivity index (χ1) is 10.1. The minimum Gasteiger partial charge on any atom is -0.451 e. The summed E-state index contributed by atoms with van der Waals surface area (Å²) in [5, 5.41) is 0. The molecular formula is C16H17NO4. The number of carbonyl (C=O) groups excluding carboxylic acids is 3. The van der Waals surface area contributed by atoms with Crippen molar-refractivity contribution in [2.45, 2.75) is 38.2 Å². The summed E-state index contributed by atoms with van der Waals surface area (Å²) in [7, 11) is 0. The van der Waals surface area contributed by atoms with Gasteiger partial charge in [-0.3, -0.25) is 9.59 Å². The summed E-state index contributed by atoms with van der Waals surface area (Å²) in [4.78, 5) is 36.8. The number of rotatable bonds is 3. The highest BCUT2D eigenvalue weighted by Crippen LogP contribution is 2.23. The third-order valence-electron chi connectivity index (χ3n) is 3.99. The van der Waals surface area contributed by atoms with Crippen LogP contribution in [0.2, 0.25) is 0 Å². The van der Waals surface area contributed by atoms with Crippen molar-refractivity contribution < 1.29 is 19.1 Å². The molecule has 5 heteroatoms. The number of amides is 1. The fraction of sp³-hybridized carbons (Fsp3) is 0.438. The predicted molar refractivity (Wildman–Crippen MR) is 76.1 cm³/mol. The molecule has 0 radical (unpaired) electrons. The van der Waals surface area contributed by atoms with Crippen LogP contribution in [0.4, 0.5) is 5.69 Å². The molecule has 1 aliphatic heterocycles. The third-order valence-corrected chi connectivity index (χ3v) is 3.99. The number of anilines is 1. The predicted octanol–water partition coefficient (Wildman–Crippen LogP) is 2.09. The molecule has 5 nitrogen and oxygen atoms in total. The monoisotopic (exact) mass is 287 g/mol. The van der Waals surface area contributed by atoms with Gasteiger partial charge in [0, 0.05) is 25.1 Å². The number of nitrogens with zero attached hydrogens (tertiary/aromatic N) is 1. The zero-order chi connectivity index (χ0) is 14.8. The van der Waals surface area contributed by atoms with Crippen LogP contribution in [0.5, 0.6) is 0 Å². The molecule has 1 aromatic carbocycles. The van der Waals surface area contributed by atoms with Crippen LogP contribution in [0, 0.1) is 0 Å². The molecule has 1 aromatic rings. The first-order valence-corrected chi connectivity index (χ1v) is 7.29. The molecule has 110 valence electrons. The Kier molecular flexibility index (Phi) is 3.73. The average molecular weight is 287 g/mol. The van der Waals surface area contributed by atoms with Crippen molar-refractivity contribution in [1.82, 2.24) is 0 Å². The molecule has 0 bridgehead atoms. The number of hydrogen-bond acceptors (Lipinski definition) is 4. The van der Waals surface area contributed by atoms with E-state index in [0.29, 0.717) is 24.8 Å². The maximum atomic E-state index is 12.0. The molecule has 1 aliphatic carbocycles. The standard InChI is InChI=1S/C16H17NO4/c18-13-3-1-4-14(13)21-16(20)11-6-8-12(9-7-11)17-10-2-5-15(17)19/h6-9,14H,1-5,10H2. The molecule has 3 rings (SSSR count). The number of ether oxygens (including phenoxy) is 1. The molecule has 2 aliphatic rings. The Balaban J connectivity index is 1.67. The second-order valence-electron chi connectivity index (χ2n) is 5.45. The van der Waals surface area contributed by atoms with E-state index in [1.807, 2.05) is 0 Å². The molecule has 0 aromatic heterocycles. The summed E-state index contributed by atoms with van der Waals surface area (Å²) < 4.78 is 5.23. The van der Waals surface area contributed by atoms with E-state index in [9.17, 15) is 14.4 Å². The molecule has 21 heavy (non-hydrogen) atoms. The van der Waals surface area contributed by atoms with E-state index in [2.05, 4.69) is 0 Å². The largest absolute Gasteiger partial charge is 0.451 e. The topological polar surface area (TPSA) is 63.7 Å². The molecule has 0 N–H and O–H groups in total. The molecule has 2 fully saturated rings. The first kappa shape index (κ1) is 13.8. The van der Waals surface area contributed by atoms with Gasteiger partial charge >= 0.3 is 5.97 Å². The fourth-order valence-corrected chi connectivity index (χ4v) is 2.80. The summed E-state index contributed by atoms with van der Waals surface area (Å²) in [6.07, 6.45) is 2.75. The van der Waals surface area contributed by atoms with Crippen molar-refractivity contribution >= 4 is 23.3 Å². The lowest BCUT2D eigenvalue weighted by Crippen LogP contribution is -2.24. The lowest BCUT2D eigenvalue weighted by atomic mass is 10.2. The molecule has 1 amide bonds. The molecule has 1 heterocycles. The van der Waals surface area contributed by atoms with E-state index in [1.165, 1.54) is 0 Å². The van der Waals surface area contributed by atoms with Crippen molar-refractivity contribution in [2.75, 3.05) is 11.4 Å². The smallest absolute Gasteiger partial charge is 0.338 e. The van der Waals surface area contributed by atoms with Gasteiger partial charge in [0.1, 0.15) is 0 Å². The lowest BCUT2D eigenvalue weighted by molar-refractivity contribution is -0.124. The van der Waals surface area contributed by atoms with Crippen LogP contribution >= 0.6 is 0 Å². The second-order valence-corrected chi connectivity index (χ2v) is 5.45. The molecule has 1 saturated heterocycles. The minimum atomic E-state index is -0.586. The zero-order valence-electron chi connectivity index (χ0n) is 11.7. The third kappa shape index (κ3) is 2.82. The number of esters is 1. The molecule has 0 spiro atoms. The number of benzene rings is 1. The molecular weight excluding hydrogens is 270 g/mol. The number of hydrogen-bond donors (Lipinski definition) is 0. The highest BCUT2D eigenvalue weighted by molar-refractivity contribution is 5.97. The van der Waals surface area contributed by atoms with Gasteiger partial charge in [-0.25, -0.2) is 4.79 Å². The highest BCUT2D eigenvalue weighted by Gasteiger charge is 2.28. The van der Waals surface area contributed by atoms with Crippen molar-refractivity contribution in [1.29, 1.82) is 0 Å². The van der Waals surface area contributed by atoms with Crippen LogP contribution in [0.3, 0.4) is 0 Å². The van der Waals surface area contributed by atoms with Gasteiger partial charge in [0.25, 0.3) is 0 Å². The van der Waals surface area contributed by atoms with Crippen molar-refractivity contribution in [2.24, 2.45) is 0 Å². The number of Topliss-reactive ketones (excluding diaryl/α,β-unsaturated/α-hetero) is 1. The lowest BCUT2D eigenvalue weighted by Gasteiger charge is -2.16. The molecule has 1 unspecified atom stereocenters. The van der Waals surface area contributed by atoms with Gasteiger partial charge in [0.15, 0.2) is 11.9 Å². The summed E-state index contributed by atoms with van der Waals surface area (Å²) in [5.74, 6) is -0.362. The Bertz CT molecular complexity index is 578. The fourth-order valence-electron chi connectivity index (χ4n) is 2.80. The van der Waals surface area contributed by atoms with E-state index < -0.39 is 12.1 Å². The van der Waals surface area contributed by atoms with Crippen LogP contribution in [0.15, 0.2) is 24.3 Å². The SMILES string of the molecule is O=C(OC1CCCC1=O)c1ccc(N2CCCC2=O)cc1. The highest BCUT2D eigenvalue weighted by atomic mass is 16.5. The average Bonchev–Trinajstić information content (AvgIpc) is 3.08. The van der Waals surface area contributed by atoms with Crippen molar-refractivity contribution in [3.05, 3.63) is 29.8 Å². The summed E-state index contributed by atoms with van der Waals surface area (Å²) in [6, 6.07) is 6.78. The van der Waals surface area contributed by atoms with Gasteiger partial charge in [-0.15, -0.1) is 0 Å². The van der Waals surface area contributed by atoms with Crippen LogP contribution < -0.4 is 4.90 Å². The Morgan fingerprint density at radius 1 is 1.10 bits per heavy atom. The van der Waals surface area contributed by atoms with Crippen LogP contribution in [0.25, 0.3) is 0 Å². The summed E-state index contributed by atoms with van der Waals surface area (Å²) in [5.41, 5.74) is 1.20. The van der Waals surface area contributed by atoms with Crippen molar-refractivity contribution in [3.63, 3.8) is 0 Å². The van der Waals surface area contributed by atoms with E-state index in [4.69, 9.17) is 4.74 Å². The number of carbonyl (C=O) groups is 3. The van der Waals surface area contributed by atoms with Crippen LogP contribution in [-0.2, 0) is 14.3 Å². The van der Waals surface area contributed by atoms with Gasteiger partial charge < -0.3 is 9.64 Å². The Hall–Kier alpha value is -2.17. The summed E-state index contributed by atoms with van der Waals surface area (Å²) in [6.45, 7) is 0.721. The zero-order valence-corrected chi connectivity index (χ0v) is 11.7. The summed E-state index contributed by atoms with van der Waals surface area (Å²) >= 11 is 0. The van der Waals surface area contributed by atoms with Gasteiger partial charge in [-0.05, 0) is 43.5 Å². The van der Waals surface area contributed by atoms with Crippen molar-refractivity contribution in [3.8, 4) is 0 Å². The van der Waals surface area contributed by atoms with Gasteiger partial charge in [-0.1, -0.05) is 0 Å². The van der Waals surface area contributed by atoms with Crippen LogP contribution in [0.1, 0.15) is 42.5 Å². The maximum absolute atomic E-state index is 12.0. The molecule has 1 saturated carbocycles. The Labute approximate surface area is 122 Å². The normalized spacial score (nSPS) is 21.9. The minimum absolute atomic E-state index is 0.00244. The van der Waals surface area contributed by atoms with E-state index in [1.54, 1.807) is 29.2 Å². The number of ketones is 1. The van der Waals surface area contributed by atoms with E-state index in [-0.39, 0.29) is 11.7 Å². The molecule has 1 atom stereocenters. The Morgan fingerprint density at radius 3 is 2.43 bits per heavy atom. The van der Waals surface area contributed by atoms with Gasteiger partial charge in [0.2, 0.25) is 5.91 Å². The van der Waals surface area contributed by atoms with Gasteiger partial charge in [0.05, 0.1) is 5.56 Å². The maximum Gasteiger partial charge on any atom is 0.338 e. The quantitative estimate of drug-likeness (QED) is 0.799. The Morgan fingerprint density at radius 2 is 1.86 bits per heavy atom. The van der Waals surface area contributed by atoms with E-state index >= 15 is 0 Å². The second kappa shape index (κ2) is 5.68. The van der Waals surface area contributed by atoms with Crippen LogP contribution in [-0.4, -0.2) is 30.3 Å². The van der Waals surface area contributed by atoms with E-state index in [0.717, 1.165) is 25.1 Å². The first-order valence-electron chi connectivity index (χ1n) is 7.29. The van der Waals surface area contributed by atoms with Gasteiger partial charge in [-0.2, -0.15) is 0 Å².